The molecule has 2 unspecified atom stereocenters. The quantitative estimate of drug-likeness (QED) is 0.851. The second kappa shape index (κ2) is 6.42. The highest BCUT2D eigenvalue weighted by Gasteiger charge is 2.37. The zero-order valence-corrected chi connectivity index (χ0v) is 15.2. The number of piperazine rings is 1. The number of halogens is 2. The Balaban J connectivity index is 2.58. The van der Waals surface area contributed by atoms with E-state index in [2.05, 4.69) is 21.2 Å². The van der Waals surface area contributed by atoms with Crippen molar-refractivity contribution in [2.24, 2.45) is 0 Å². The van der Waals surface area contributed by atoms with Crippen LogP contribution in [-0.2, 0) is 10.0 Å². The number of sulfonamides is 1. The van der Waals surface area contributed by atoms with Crippen molar-refractivity contribution in [3.8, 4) is 5.75 Å². The Morgan fingerprint density at radius 3 is 2.43 bits per heavy atom. The fourth-order valence-corrected chi connectivity index (χ4v) is 5.82. The summed E-state index contributed by atoms with van der Waals surface area (Å²) in [7, 11) is -2.25. The fourth-order valence-electron chi connectivity index (χ4n) is 2.63. The van der Waals surface area contributed by atoms with Gasteiger partial charge in [-0.2, -0.15) is 4.31 Å². The maximum atomic E-state index is 13.0. The van der Waals surface area contributed by atoms with Gasteiger partial charge in [0.15, 0.2) is 5.75 Å². The van der Waals surface area contributed by atoms with Crippen LogP contribution in [0.2, 0.25) is 5.02 Å². The van der Waals surface area contributed by atoms with Crippen LogP contribution in [0.3, 0.4) is 0 Å². The van der Waals surface area contributed by atoms with Crippen LogP contribution >= 0.6 is 27.5 Å². The van der Waals surface area contributed by atoms with Crippen LogP contribution in [0.15, 0.2) is 21.5 Å². The number of hydrogen-bond acceptors (Lipinski definition) is 4. The van der Waals surface area contributed by atoms with Crippen LogP contribution in [0.5, 0.6) is 5.75 Å². The second-order valence-electron chi connectivity index (χ2n) is 5.11. The van der Waals surface area contributed by atoms with Crippen LogP contribution in [-0.4, -0.2) is 45.0 Å². The monoisotopic (exact) mass is 396 g/mol. The standard InChI is InChI=1S/C13H18BrClN2O3S/c1-8-6-16-7-9(2)17(8)21(18,19)12-5-10(15)4-11(14)13(12)20-3/h4-5,8-9,16H,6-7H2,1-3H3. The van der Waals surface area contributed by atoms with Crippen LogP contribution in [0.25, 0.3) is 0 Å². The highest BCUT2D eigenvalue weighted by molar-refractivity contribution is 9.10. The first-order valence-electron chi connectivity index (χ1n) is 6.56. The smallest absolute Gasteiger partial charge is 0.247 e. The number of rotatable bonds is 3. The fraction of sp³-hybridized carbons (Fsp3) is 0.538. The summed E-state index contributed by atoms with van der Waals surface area (Å²) in [6.07, 6.45) is 0. The largest absolute Gasteiger partial charge is 0.494 e. The lowest BCUT2D eigenvalue weighted by atomic mass is 10.2. The van der Waals surface area contributed by atoms with Crippen molar-refractivity contribution in [3.05, 3.63) is 21.6 Å². The van der Waals surface area contributed by atoms with Gasteiger partial charge in [-0.05, 0) is 41.9 Å². The normalized spacial score (nSPS) is 24.0. The predicted molar refractivity (Wildman–Crippen MR) is 86.5 cm³/mol. The topological polar surface area (TPSA) is 58.6 Å². The molecule has 2 rings (SSSR count). The third kappa shape index (κ3) is 3.22. The summed E-state index contributed by atoms with van der Waals surface area (Å²) in [6, 6.07) is 2.77. The predicted octanol–water partition coefficient (Wildman–Crippen LogP) is 2.48. The average molecular weight is 398 g/mol. The number of hydrogen-bond donors (Lipinski definition) is 1. The Morgan fingerprint density at radius 2 is 1.90 bits per heavy atom. The summed E-state index contributed by atoms with van der Waals surface area (Å²) in [6.45, 7) is 5.00. The average Bonchev–Trinajstić information content (AvgIpc) is 2.37. The molecular weight excluding hydrogens is 380 g/mol. The van der Waals surface area contributed by atoms with Gasteiger partial charge in [0.05, 0.1) is 11.6 Å². The van der Waals surface area contributed by atoms with Crippen LogP contribution < -0.4 is 10.1 Å². The zero-order valence-electron chi connectivity index (χ0n) is 12.1. The lowest BCUT2D eigenvalue weighted by Gasteiger charge is -2.38. The number of nitrogens with one attached hydrogen (secondary N) is 1. The first kappa shape index (κ1) is 17.0. The molecular formula is C13H18BrClN2O3S. The van der Waals surface area contributed by atoms with Gasteiger partial charge in [-0.25, -0.2) is 8.42 Å². The molecule has 0 bridgehead atoms. The molecule has 1 N–H and O–H groups in total. The van der Waals surface area contributed by atoms with E-state index in [-0.39, 0.29) is 22.7 Å². The van der Waals surface area contributed by atoms with Gasteiger partial charge in [0.2, 0.25) is 10.0 Å². The summed E-state index contributed by atoms with van der Waals surface area (Å²) in [5.41, 5.74) is 0. The van der Waals surface area contributed by atoms with Gasteiger partial charge in [0.25, 0.3) is 0 Å². The third-order valence-corrected chi connectivity index (χ3v) is 6.42. The van der Waals surface area contributed by atoms with Crippen molar-refractivity contribution < 1.29 is 13.2 Å². The van der Waals surface area contributed by atoms with E-state index in [0.29, 0.717) is 22.6 Å². The van der Waals surface area contributed by atoms with Gasteiger partial charge in [-0.3, -0.25) is 0 Å². The highest BCUT2D eigenvalue weighted by Crippen LogP contribution is 2.38. The van der Waals surface area contributed by atoms with Crippen LogP contribution in [0.4, 0.5) is 0 Å². The molecule has 0 spiro atoms. The molecule has 5 nitrogen and oxygen atoms in total. The summed E-state index contributed by atoms with van der Waals surface area (Å²) in [4.78, 5) is 0.0879. The van der Waals surface area contributed by atoms with Gasteiger partial charge in [-0.15, -0.1) is 0 Å². The molecule has 0 saturated carbocycles. The minimum absolute atomic E-state index is 0.0879. The van der Waals surface area contributed by atoms with E-state index in [1.54, 1.807) is 6.07 Å². The van der Waals surface area contributed by atoms with Crippen molar-refractivity contribution in [2.75, 3.05) is 20.2 Å². The van der Waals surface area contributed by atoms with E-state index in [1.165, 1.54) is 17.5 Å². The van der Waals surface area contributed by atoms with Crippen molar-refractivity contribution >= 4 is 37.6 Å². The summed E-state index contributed by atoms with van der Waals surface area (Å²) >= 11 is 9.32. The summed E-state index contributed by atoms with van der Waals surface area (Å²) in [5.74, 6) is 0.275. The molecule has 0 aliphatic carbocycles. The third-order valence-electron chi connectivity index (χ3n) is 3.48. The molecule has 1 aromatic carbocycles. The molecule has 1 heterocycles. The molecule has 0 aromatic heterocycles. The van der Waals surface area contributed by atoms with E-state index >= 15 is 0 Å². The van der Waals surface area contributed by atoms with Crippen molar-refractivity contribution in [3.63, 3.8) is 0 Å². The first-order valence-corrected chi connectivity index (χ1v) is 9.17. The van der Waals surface area contributed by atoms with Gasteiger partial charge in [-0.1, -0.05) is 11.6 Å². The van der Waals surface area contributed by atoms with Gasteiger partial charge in [0, 0.05) is 30.2 Å². The zero-order chi connectivity index (χ0) is 15.8. The molecule has 0 amide bonds. The molecule has 1 fully saturated rings. The Labute approximate surface area is 138 Å². The Bertz CT molecular complexity index is 629. The molecule has 118 valence electrons. The maximum absolute atomic E-state index is 13.0. The molecule has 1 saturated heterocycles. The van der Waals surface area contributed by atoms with Gasteiger partial charge >= 0.3 is 0 Å². The van der Waals surface area contributed by atoms with Crippen LogP contribution in [0.1, 0.15) is 13.8 Å². The molecule has 1 aliphatic heterocycles. The maximum Gasteiger partial charge on any atom is 0.247 e. The lowest BCUT2D eigenvalue weighted by molar-refractivity contribution is 0.219. The first-order chi connectivity index (χ1) is 9.78. The van der Waals surface area contributed by atoms with E-state index in [1.807, 2.05) is 13.8 Å². The number of ether oxygens (including phenoxy) is 1. The van der Waals surface area contributed by atoms with E-state index in [0.717, 1.165) is 0 Å². The lowest BCUT2D eigenvalue weighted by Crippen LogP contribution is -2.57. The van der Waals surface area contributed by atoms with Gasteiger partial charge < -0.3 is 10.1 Å². The molecule has 21 heavy (non-hydrogen) atoms. The Morgan fingerprint density at radius 1 is 1.33 bits per heavy atom. The molecule has 2 atom stereocenters. The Hall–Kier alpha value is -0.340. The summed E-state index contributed by atoms with van der Waals surface area (Å²) in [5, 5.41) is 3.56. The minimum Gasteiger partial charge on any atom is -0.494 e. The minimum atomic E-state index is -3.69. The van der Waals surface area contributed by atoms with E-state index in [9.17, 15) is 8.42 Å². The van der Waals surface area contributed by atoms with Crippen molar-refractivity contribution in [1.29, 1.82) is 0 Å². The molecule has 1 aliphatic rings. The molecule has 1 aromatic rings. The molecule has 8 heteroatoms. The van der Waals surface area contributed by atoms with Crippen molar-refractivity contribution in [1.82, 2.24) is 9.62 Å². The second-order valence-corrected chi connectivity index (χ2v) is 8.21. The number of benzene rings is 1. The highest BCUT2D eigenvalue weighted by atomic mass is 79.9. The number of nitrogens with zero attached hydrogens (tertiary/aromatic N) is 1. The van der Waals surface area contributed by atoms with Gasteiger partial charge in [0.1, 0.15) is 4.90 Å². The van der Waals surface area contributed by atoms with Crippen LogP contribution in [0, 0.1) is 0 Å². The Kier molecular flexibility index (Phi) is 5.20. The molecule has 0 radical (unpaired) electrons. The van der Waals surface area contributed by atoms with Crippen molar-refractivity contribution in [2.45, 2.75) is 30.8 Å². The SMILES string of the molecule is COc1c(Br)cc(Cl)cc1S(=O)(=O)N1C(C)CNCC1C. The summed E-state index contributed by atoms with van der Waals surface area (Å²) < 4.78 is 33.4. The number of methoxy groups -OCH3 is 1. The van der Waals surface area contributed by atoms with E-state index in [4.69, 9.17) is 16.3 Å². The van der Waals surface area contributed by atoms with E-state index < -0.39 is 10.0 Å².